The molecular weight excluding hydrogens is 407 g/mol. The van der Waals surface area contributed by atoms with E-state index in [1.807, 2.05) is 49.2 Å². The van der Waals surface area contributed by atoms with Gasteiger partial charge >= 0.3 is 0 Å². The fraction of sp³-hybridized carbons (Fsp3) is 0.320. The zero-order valence-electron chi connectivity index (χ0n) is 18.4. The number of carbonyl (C=O) groups is 2. The van der Waals surface area contributed by atoms with E-state index in [9.17, 15) is 14.0 Å². The van der Waals surface area contributed by atoms with Gasteiger partial charge in [-0.1, -0.05) is 42.5 Å². The van der Waals surface area contributed by atoms with E-state index >= 15 is 0 Å². The van der Waals surface area contributed by atoms with Gasteiger partial charge in [-0.3, -0.25) is 9.59 Å². The lowest BCUT2D eigenvalue weighted by Crippen LogP contribution is -2.38. The Kier molecular flexibility index (Phi) is 6.35. The molecule has 3 aromatic rings. The first kappa shape index (κ1) is 21.7. The van der Waals surface area contributed by atoms with Crippen LogP contribution in [0.2, 0.25) is 0 Å². The van der Waals surface area contributed by atoms with E-state index in [-0.39, 0.29) is 23.5 Å². The molecule has 2 heterocycles. The summed E-state index contributed by atoms with van der Waals surface area (Å²) < 4.78 is 15.8. The average Bonchev–Trinajstić information content (AvgIpc) is 3.17. The highest BCUT2D eigenvalue weighted by atomic mass is 19.1. The quantitative estimate of drug-likeness (QED) is 0.619. The third-order valence-electron chi connectivity index (χ3n) is 5.96. The SMILES string of the molecule is CCN1CCN(C(=O)c2cn(C)cn2)C[C@H](Cc2ccc(-c3ccccc3F)cc2)C1=O. The van der Waals surface area contributed by atoms with Crippen molar-refractivity contribution < 1.29 is 14.0 Å². The highest BCUT2D eigenvalue weighted by Crippen LogP contribution is 2.24. The van der Waals surface area contributed by atoms with E-state index in [1.54, 1.807) is 34.1 Å². The van der Waals surface area contributed by atoms with Crippen LogP contribution in [0.5, 0.6) is 0 Å². The number of amides is 2. The lowest BCUT2D eigenvalue weighted by molar-refractivity contribution is -0.134. The number of hydrogen-bond donors (Lipinski definition) is 0. The largest absolute Gasteiger partial charge is 0.341 e. The zero-order chi connectivity index (χ0) is 22.7. The van der Waals surface area contributed by atoms with Gasteiger partial charge in [0.1, 0.15) is 11.5 Å². The molecule has 0 spiro atoms. The number of carbonyl (C=O) groups excluding carboxylic acids is 2. The maximum absolute atomic E-state index is 14.1. The number of hydrogen-bond acceptors (Lipinski definition) is 3. The second kappa shape index (κ2) is 9.34. The molecule has 2 aromatic carbocycles. The molecule has 1 aliphatic heterocycles. The highest BCUT2D eigenvalue weighted by molar-refractivity contribution is 5.93. The summed E-state index contributed by atoms with van der Waals surface area (Å²) in [4.78, 5) is 33.8. The fourth-order valence-electron chi connectivity index (χ4n) is 4.18. The Morgan fingerprint density at radius 2 is 1.88 bits per heavy atom. The number of aryl methyl sites for hydroxylation is 1. The van der Waals surface area contributed by atoms with Crippen molar-refractivity contribution in [3.8, 4) is 11.1 Å². The molecule has 1 atom stereocenters. The van der Waals surface area contributed by atoms with Gasteiger partial charge in [-0.15, -0.1) is 0 Å². The zero-order valence-corrected chi connectivity index (χ0v) is 18.4. The van der Waals surface area contributed by atoms with Crippen molar-refractivity contribution in [3.63, 3.8) is 0 Å². The predicted molar refractivity (Wildman–Crippen MR) is 120 cm³/mol. The Morgan fingerprint density at radius 1 is 1.12 bits per heavy atom. The van der Waals surface area contributed by atoms with Crippen molar-refractivity contribution in [2.75, 3.05) is 26.2 Å². The molecule has 1 aromatic heterocycles. The topological polar surface area (TPSA) is 58.4 Å². The van der Waals surface area contributed by atoms with Crippen LogP contribution in [0.15, 0.2) is 61.1 Å². The highest BCUT2D eigenvalue weighted by Gasteiger charge is 2.32. The van der Waals surface area contributed by atoms with Crippen LogP contribution in [-0.2, 0) is 18.3 Å². The Labute approximate surface area is 187 Å². The minimum Gasteiger partial charge on any atom is -0.341 e. The predicted octanol–water partition coefficient (Wildman–Crippen LogP) is 3.39. The van der Waals surface area contributed by atoms with E-state index in [1.165, 1.54) is 6.07 Å². The van der Waals surface area contributed by atoms with Crippen LogP contribution >= 0.6 is 0 Å². The van der Waals surface area contributed by atoms with Gasteiger partial charge in [-0.25, -0.2) is 9.37 Å². The lowest BCUT2D eigenvalue weighted by Gasteiger charge is -2.23. The van der Waals surface area contributed by atoms with Gasteiger partial charge in [0, 0.05) is 45.0 Å². The molecule has 0 unspecified atom stereocenters. The molecular formula is C25H27FN4O2. The van der Waals surface area contributed by atoms with Crippen LogP contribution in [0.25, 0.3) is 11.1 Å². The van der Waals surface area contributed by atoms with Crippen LogP contribution in [0, 0.1) is 11.7 Å². The number of rotatable bonds is 5. The minimum absolute atomic E-state index is 0.0574. The first-order valence-corrected chi connectivity index (χ1v) is 10.9. The summed E-state index contributed by atoms with van der Waals surface area (Å²) in [7, 11) is 1.82. The van der Waals surface area contributed by atoms with Gasteiger partial charge in [0.2, 0.25) is 5.91 Å². The summed E-state index contributed by atoms with van der Waals surface area (Å²) in [6.07, 6.45) is 3.81. The molecule has 1 fully saturated rings. The fourth-order valence-corrected chi connectivity index (χ4v) is 4.18. The van der Waals surface area contributed by atoms with Crippen molar-refractivity contribution in [2.45, 2.75) is 13.3 Å². The second-order valence-corrected chi connectivity index (χ2v) is 8.17. The first-order valence-electron chi connectivity index (χ1n) is 10.9. The van der Waals surface area contributed by atoms with Crippen molar-refractivity contribution in [2.24, 2.45) is 13.0 Å². The summed E-state index contributed by atoms with van der Waals surface area (Å²) in [6, 6.07) is 14.3. The normalized spacial score (nSPS) is 16.8. The molecule has 2 amide bonds. The van der Waals surface area contributed by atoms with Crippen molar-refractivity contribution in [1.29, 1.82) is 0 Å². The number of imidazole rings is 1. The van der Waals surface area contributed by atoms with Crippen molar-refractivity contribution in [1.82, 2.24) is 19.4 Å². The van der Waals surface area contributed by atoms with Crippen molar-refractivity contribution >= 4 is 11.8 Å². The summed E-state index contributed by atoms with van der Waals surface area (Å²) in [5.74, 6) is -0.705. The number of aromatic nitrogens is 2. The molecule has 4 rings (SSSR count). The molecule has 7 heteroatoms. The van der Waals surface area contributed by atoms with E-state index in [0.717, 1.165) is 11.1 Å². The van der Waals surface area contributed by atoms with Crippen LogP contribution in [0.4, 0.5) is 4.39 Å². The lowest BCUT2D eigenvalue weighted by atomic mass is 9.95. The Balaban J connectivity index is 1.54. The van der Waals surface area contributed by atoms with E-state index < -0.39 is 0 Å². The number of benzene rings is 2. The molecule has 32 heavy (non-hydrogen) atoms. The van der Waals surface area contributed by atoms with Gasteiger partial charge in [-0.05, 0) is 30.5 Å². The monoisotopic (exact) mass is 434 g/mol. The van der Waals surface area contributed by atoms with Crippen LogP contribution in [0.3, 0.4) is 0 Å². The Bertz CT molecular complexity index is 1110. The van der Waals surface area contributed by atoms with Gasteiger partial charge < -0.3 is 14.4 Å². The third-order valence-corrected chi connectivity index (χ3v) is 5.96. The standard InChI is InChI=1S/C25H27FN4O2/c1-3-29-12-13-30(25(32)23-16-28(2)17-27-23)15-20(24(29)31)14-18-8-10-19(11-9-18)21-6-4-5-7-22(21)26/h4-11,16-17,20H,3,12-15H2,1-2H3/t20-/m0/s1. The number of nitrogens with zero attached hydrogens (tertiary/aromatic N) is 4. The minimum atomic E-state index is -0.343. The number of halogens is 1. The van der Waals surface area contributed by atoms with E-state index in [4.69, 9.17) is 0 Å². The summed E-state index contributed by atoms with van der Waals surface area (Å²) in [5, 5.41) is 0. The van der Waals surface area contributed by atoms with Crippen LogP contribution in [-0.4, -0.2) is 57.3 Å². The van der Waals surface area contributed by atoms with Crippen LogP contribution < -0.4 is 0 Å². The molecule has 6 nitrogen and oxygen atoms in total. The second-order valence-electron chi connectivity index (χ2n) is 8.17. The Morgan fingerprint density at radius 3 is 2.53 bits per heavy atom. The first-order chi connectivity index (χ1) is 15.5. The van der Waals surface area contributed by atoms with Gasteiger partial charge in [0.25, 0.3) is 5.91 Å². The molecule has 1 saturated heterocycles. The number of likely N-dealkylation sites (N-methyl/N-ethyl adjacent to an activating group) is 1. The molecule has 0 radical (unpaired) electrons. The molecule has 1 aliphatic rings. The Hall–Kier alpha value is -3.48. The average molecular weight is 435 g/mol. The molecule has 0 aliphatic carbocycles. The molecule has 166 valence electrons. The summed E-state index contributed by atoms with van der Waals surface area (Å²) >= 11 is 0. The van der Waals surface area contributed by atoms with Gasteiger partial charge in [0.15, 0.2) is 0 Å². The van der Waals surface area contributed by atoms with Gasteiger partial charge in [-0.2, -0.15) is 0 Å². The van der Waals surface area contributed by atoms with Crippen LogP contribution in [0.1, 0.15) is 23.0 Å². The van der Waals surface area contributed by atoms with Crippen molar-refractivity contribution in [3.05, 3.63) is 78.1 Å². The molecule has 0 N–H and O–H groups in total. The van der Waals surface area contributed by atoms with E-state index in [2.05, 4.69) is 4.98 Å². The van der Waals surface area contributed by atoms with E-state index in [0.29, 0.717) is 43.9 Å². The third kappa shape index (κ3) is 4.56. The molecule has 0 bridgehead atoms. The maximum atomic E-state index is 14.1. The summed E-state index contributed by atoms with van der Waals surface area (Å²) in [6.45, 7) is 3.90. The maximum Gasteiger partial charge on any atom is 0.274 e. The summed E-state index contributed by atoms with van der Waals surface area (Å²) in [5.41, 5.74) is 2.71. The molecule has 0 saturated carbocycles. The van der Waals surface area contributed by atoms with Gasteiger partial charge in [0.05, 0.1) is 12.2 Å². The smallest absolute Gasteiger partial charge is 0.274 e.